The molecule has 0 N–H and O–H groups in total. The number of carbonyl (C=O) groups is 1. The largest absolute Gasteiger partial charge is 0.493 e. The van der Waals surface area contributed by atoms with Crippen LogP contribution in [0.15, 0.2) is 47.5 Å². The van der Waals surface area contributed by atoms with Crippen LogP contribution in [0, 0.1) is 0 Å². The second-order valence-corrected chi connectivity index (χ2v) is 7.03. The number of methoxy groups -OCH3 is 2. The van der Waals surface area contributed by atoms with E-state index in [9.17, 15) is 9.59 Å². The average molecular weight is 416 g/mol. The zero-order chi connectivity index (χ0) is 21.0. The topological polar surface area (TPSA) is 73.7 Å². The van der Waals surface area contributed by atoms with Crippen LogP contribution in [-0.4, -0.2) is 48.2 Å². The fourth-order valence-corrected chi connectivity index (χ4v) is 3.14. The van der Waals surface area contributed by atoms with Crippen molar-refractivity contribution >= 4 is 28.4 Å². The van der Waals surface area contributed by atoms with Crippen molar-refractivity contribution in [1.82, 2.24) is 14.5 Å². The number of hydrogen-bond donors (Lipinski definition) is 0. The van der Waals surface area contributed by atoms with Gasteiger partial charge in [-0.15, -0.1) is 0 Å². The van der Waals surface area contributed by atoms with Crippen molar-refractivity contribution in [2.24, 2.45) is 0 Å². The van der Waals surface area contributed by atoms with Gasteiger partial charge in [0.05, 0.1) is 31.4 Å². The van der Waals surface area contributed by atoms with Crippen LogP contribution in [-0.2, 0) is 17.8 Å². The van der Waals surface area contributed by atoms with Gasteiger partial charge in [-0.1, -0.05) is 17.7 Å². The van der Waals surface area contributed by atoms with Gasteiger partial charge in [0.15, 0.2) is 11.5 Å². The Morgan fingerprint density at radius 3 is 2.62 bits per heavy atom. The molecule has 1 aromatic heterocycles. The molecule has 3 rings (SSSR count). The molecule has 29 heavy (non-hydrogen) atoms. The first kappa shape index (κ1) is 20.7. The van der Waals surface area contributed by atoms with Crippen LogP contribution in [0.3, 0.4) is 0 Å². The van der Waals surface area contributed by atoms with E-state index in [4.69, 9.17) is 21.1 Å². The Morgan fingerprint density at radius 1 is 1.14 bits per heavy atom. The van der Waals surface area contributed by atoms with Crippen LogP contribution < -0.4 is 15.0 Å². The fourth-order valence-electron chi connectivity index (χ4n) is 2.97. The molecule has 0 spiro atoms. The maximum Gasteiger partial charge on any atom is 0.261 e. The third kappa shape index (κ3) is 4.68. The standard InChI is InChI=1S/C21H22ClN3O4/c1-24(9-8-14-4-7-18(28-2)19(10-14)29-3)20(26)12-25-13-23-17-6-5-15(22)11-16(17)21(25)27/h4-7,10-11,13H,8-9,12H2,1-3H3. The Kier molecular flexibility index (Phi) is 6.39. The molecule has 0 atom stereocenters. The lowest BCUT2D eigenvalue weighted by atomic mass is 10.1. The van der Waals surface area contributed by atoms with Gasteiger partial charge in [0.1, 0.15) is 6.54 Å². The van der Waals surface area contributed by atoms with Gasteiger partial charge in [-0.3, -0.25) is 14.2 Å². The number of ether oxygens (including phenoxy) is 2. The lowest BCUT2D eigenvalue weighted by Crippen LogP contribution is -2.35. The van der Waals surface area contributed by atoms with Crippen LogP contribution in [0.25, 0.3) is 10.9 Å². The molecule has 0 radical (unpaired) electrons. The number of amides is 1. The number of likely N-dealkylation sites (N-methyl/N-ethyl adjacent to an activating group) is 1. The third-order valence-electron chi connectivity index (χ3n) is 4.70. The smallest absolute Gasteiger partial charge is 0.261 e. The summed E-state index contributed by atoms with van der Waals surface area (Å²) < 4.78 is 11.8. The molecule has 0 aliphatic heterocycles. The molecular weight excluding hydrogens is 394 g/mol. The van der Waals surface area contributed by atoms with Gasteiger partial charge in [-0.25, -0.2) is 4.98 Å². The predicted molar refractivity (Wildman–Crippen MR) is 112 cm³/mol. The van der Waals surface area contributed by atoms with E-state index in [1.807, 2.05) is 18.2 Å². The summed E-state index contributed by atoms with van der Waals surface area (Å²) in [7, 11) is 4.88. The number of rotatable bonds is 7. The van der Waals surface area contributed by atoms with Crippen LogP contribution >= 0.6 is 11.6 Å². The molecule has 0 fully saturated rings. The van der Waals surface area contributed by atoms with E-state index >= 15 is 0 Å². The molecular formula is C21H22ClN3O4. The normalized spacial score (nSPS) is 10.8. The summed E-state index contributed by atoms with van der Waals surface area (Å²) in [4.78, 5) is 31.0. The molecule has 1 heterocycles. The highest BCUT2D eigenvalue weighted by Crippen LogP contribution is 2.27. The minimum Gasteiger partial charge on any atom is -0.493 e. The monoisotopic (exact) mass is 415 g/mol. The number of nitrogens with zero attached hydrogens (tertiary/aromatic N) is 3. The number of fused-ring (bicyclic) bond motifs is 1. The summed E-state index contributed by atoms with van der Waals surface area (Å²) in [6, 6.07) is 10.6. The number of hydrogen-bond acceptors (Lipinski definition) is 5. The second kappa shape index (κ2) is 8.96. The molecule has 0 aliphatic carbocycles. The van der Waals surface area contributed by atoms with E-state index < -0.39 is 0 Å². The summed E-state index contributed by atoms with van der Waals surface area (Å²) in [6.45, 7) is 0.409. The zero-order valence-electron chi connectivity index (χ0n) is 16.5. The average Bonchev–Trinajstić information content (AvgIpc) is 2.73. The van der Waals surface area contributed by atoms with Gasteiger partial charge in [-0.2, -0.15) is 0 Å². The minimum absolute atomic E-state index is 0.0866. The van der Waals surface area contributed by atoms with Gasteiger partial charge in [0.2, 0.25) is 5.91 Å². The summed E-state index contributed by atoms with van der Waals surface area (Å²) >= 11 is 5.97. The molecule has 8 heteroatoms. The van der Waals surface area contributed by atoms with Crippen molar-refractivity contribution < 1.29 is 14.3 Å². The summed E-state index contributed by atoms with van der Waals surface area (Å²) in [5.74, 6) is 1.12. The van der Waals surface area contributed by atoms with E-state index in [2.05, 4.69) is 4.98 Å². The van der Waals surface area contributed by atoms with Crippen molar-refractivity contribution in [1.29, 1.82) is 0 Å². The van der Waals surface area contributed by atoms with Gasteiger partial charge in [-0.05, 0) is 42.3 Å². The molecule has 0 saturated carbocycles. The van der Waals surface area contributed by atoms with Crippen molar-refractivity contribution in [2.75, 3.05) is 27.8 Å². The summed E-state index contributed by atoms with van der Waals surface area (Å²) in [6.07, 6.45) is 2.03. The van der Waals surface area contributed by atoms with Gasteiger partial charge < -0.3 is 14.4 Å². The maximum absolute atomic E-state index is 12.6. The lowest BCUT2D eigenvalue weighted by molar-refractivity contribution is -0.130. The van der Waals surface area contributed by atoms with Crippen molar-refractivity contribution in [3.8, 4) is 11.5 Å². The Bertz CT molecular complexity index is 1100. The van der Waals surface area contributed by atoms with Gasteiger partial charge in [0.25, 0.3) is 5.56 Å². The molecule has 1 amide bonds. The van der Waals surface area contributed by atoms with Crippen LogP contribution in [0.4, 0.5) is 0 Å². The Hall–Kier alpha value is -3.06. The number of benzene rings is 2. The maximum atomic E-state index is 12.6. The van der Waals surface area contributed by atoms with Crippen molar-refractivity contribution in [3.05, 3.63) is 63.7 Å². The highest BCUT2D eigenvalue weighted by molar-refractivity contribution is 6.31. The van der Waals surface area contributed by atoms with E-state index in [1.54, 1.807) is 44.4 Å². The molecule has 152 valence electrons. The van der Waals surface area contributed by atoms with Crippen molar-refractivity contribution in [3.63, 3.8) is 0 Å². The summed E-state index contributed by atoms with van der Waals surface area (Å²) in [5.41, 5.74) is 1.27. The van der Waals surface area contributed by atoms with Gasteiger partial charge >= 0.3 is 0 Å². The minimum atomic E-state index is -0.292. The lowest BCUT2D eigenvalue weighted by Gasteiger charge is -2.18. The molecule has 0 aliphatic rings. The van der Waals surface area contributed by atoms with E-state index in [0.717, 1.165) is 5.56 Å². The van der Waals surface area contributed by atoms with E-state index in [0.29, 0.717) is 40.4 Å². The Labute approximate surface area is 173 Å². The first-order chi connectivity index (χ1) is 13.9. The van der Waals surface area contributed by atoms with E-state index in [1.165, 1.54) is 10.9 Å². The van der Waals surface area contributed by atoms with Crippen LogP contribution in [0.2, 0.25) is 5.02 Å². The Balaban J connectivity index is 1.67. The molecule has 0 saturated heterocycles. The molecule has 0 unspecified atom stereocenters. The number of carbonyl (C=O) groups excluding carboxylic acids is 1. The van der Waals surface area contributed by atoms with Crippen LogP contribution in [0.1, 0.15) is 5.56 Å². The fraction of sp³-hybridized carbons (Fsp3) is 0.286. The first-order valence-corrected chi connectivity index (χ1v) is 9.40. The zero-order valence-corrected chi connectivity index (χ0v) is 17.3. The quantitative estimate of drug-likeness (QED) is 0.593. The second-order valence-electron chi connectivity index (χ2n) is 6.59. The third-order valence-corrected chi connectivity index (χ3v) is 4.94. The van der Waals surface area contributed by atoms with Crippen LogP contribution in [0.5, 0.6) is 11.5 Å². The molecule has 0 bridgehead atoms. The SMILES string of the molecule is COc1ccc(CCN(C)C(=O)Cn2cnc3ccc(Cl)cc3c2=O)cc1OC. The molecule has 2 aromatic carbocycles. The number of aromatic nitrogens is 2. The van der Waals surface area contributed by atoms with Gasteiger partial charge in [0, 0.05) is 18.6 Å². The van der Waals surface area contributed by atoms with Crippen molar-refractivity contribution in [2.45, 2.75) is 13.0 Å². The van der Waals surface area contributed by atoms with E-state index in [-0.39, 0.29) is 18.0 Å². The highest BCUT2D eigenvalue weighted by atomic mass is 35.5. The molecule has 7 nitrogen and oxygen atoms in total. The highest BCUT2D eigenvalue weighted by Gasteiger charge is 2.13. The number of halogens is 1. The summed E-state index contributed by atoms with van der Waals surface area (Å²) in [5, 5.41) is 0.841. The predicted octanol–water partition coefficient (Wildman–Crippen LogP) is 2.77. The first-order valence-electron chi connectivity index (χ1n) is 9.02. The Morgan fingerprint density at radius 2 is 1.90 bits per heavy atom. The molecule has 3 aromatic rings.